The number of hydrogen-bond donors (Lipinski definition) is 1. The standard InChI is InChI=1S/C18H22FN3O2/c1-13-20-8-6-15(21-13)11-22-9-7-17(18(2,23)12-22)24-16-5-3-4-14(19)10-16/h3-6,8,10,17,23H,7,9,11-12H2,1-2H3/t17-,18-/m0/s1. The SMILES string of the molecule is Cc1nccc(CN2CC[C@H](Oc3cccc(F)c3)[C@@](C)(O)C2)n1. The number of hydrogen-bond acceptors (Lipinski definition) is 5. The predicted octanol–water partition coefficient (Wildman–Crippen LogP) is 2.33. The molecule has 0 aliphatic carbocycles. The predicted molar refractivity (Wildman–Crippen MR) is 88.1 cm³/mol. The second kappa shape index (κ2) is 6.83. The van der Waals surface area contributed by atoms with Gasteiger partial charge in [0.15, 0.2) is 0 Å². The van der Waals surface area contributed by atoms with Crippen LogP contribution in [0.1, 0.15) is 24.9 Å². The van der Waals surface area contributed by atoms with Gasteiger partial charge in [0.1, 0.15) is 29.1 Å². The second-order valence-corrected chi connectivity index (χ2v) is 6.52. The Morgan fingerprint density at radius 3 is 2.96 bits per heavy atom. The lowest BCUT2D eigenvalue weighted by atomic mass is 9.91. The van der Waals surface area contributed by atoms with E-state index >= 15 is 0 Å². The van der Waals surface area contributed by atoms with E-state index in [9.17, 15) is 9.50 Å². The molecule has 2 aromatic rings. The molecule has 0 saturated carbocycles. The molecule has 6 heteroatoms. The van der Waals surface area contributed by atoms with Crippen LogP contribution in [0, 0.1) is 12.7 Å². The van der Waals surface area contributed by atoms with Gasteiger partial charge in [0, 0.05) is 31.9 Å². The summed E-state index contributed by atoms with van der Waals surface area (Å²) < 4.78 is 19.1. The van der Waals surface area contributed by atoms with Crippen molar-refractivity contribution in [2.75, 3.05) is 13.1 Å². The van der Waals surface area contributed by atoms with Crippen molar-refractivity contribution in [3.63, 3.8) is 0 Å². The van der Waals surface area contributed by atoms with E-state index in [1.165, 1.54) is 12.1 Å². The summed E-state index contributed by atoms with van der Waals surface area (Å²) in [6, 6.07) is 7.90. The van der Waals surface area contributed by atoms with Gasteiger partial charge < -0.3 is 9.84 Å². The molecule has 128 valence electrons. The molecule has 2 heterocycles. The van der Waals surface area contributed by atoms with Gasteiger partial charge in [-0.1, -0.05) is 6.07 Å². The summed E-state index contributed by atoms with van der Waals surface area (Å²) >= 11 is 0. The lowest BCUT2D eigenvalue weighted by Crippen LogP contribution is -2.56. The molecule has 3 rings (SSSR count). The summed E-state index contributed by atoms with van der Waals surface area (Å²) in [5.74, 6) is 0.840. The van der Waals surface area contributed by atoms with Crippen molar-refractivity contribution in [2.24, 2.45) is 0 Å². The Hall–Kier alpha value is -2.05. The maximum Gasteiger partial charge on any atom is 0.129 e. The van der Waals surface area contributed by atoms with Crippen LogP contribution >= 0.6 is 0 Å². The number of piperidine rings is 1. The van der Waals surface area contributed by atoms with Crippen molar-refractivity contribution in [1.29, 1.82) is 0 Å². The van der Waals surface area contributed by atoms with Gasteiger partial charge in [0.05, 0.1) is 5.69 Å². The van der Waals surface area contributed by atoms with Gasteiger partial charge in [-0.3, -0.25) is 4.90 Å². The quantitative estimate of drug-likeness (QED) is 0.932. The van der Waals surface area contributed by atoms with E-state index in [1.54, 1.807) is 25.3 Å². The molecule has 1 aliphatic rings. The molecule has 0 spiro atoms. The largest absolute Gasteiger partial charge is 0.487 e. The Balaban J connectivity index is 1.64. The average molecular weight is 331 g/mol. The Bertz CT molecular complexity index is 708. The number of aryl methyl sites for hydroxylation is 1. The Labute approximate surface area is 141 Å². The number of aromatic nitrogens is 2. The maximum atomic E-state index is 13.3. The third-order valence-electron chi connectivity index (χ3n) is 4.24. The summed E-state index contributed by atoms with van der Waals surface area (Å²) in [7, 11) is 0. The molecular formula is C18H22FN3O2. The number of β-amino-alcohol motifs (C(OH)–C–C–N with tert-alkyl or cyclic N) is 1. The number of halogens is 1. The van der Waals surface area contributed by atoms with Crippen LogP contribution in [0.15, 0.2) is 36.5 Å². The monoisotopic (exact) mass is 331 g/mol. The first-order valence-corrected chi connectivity index (χ1v) is 8.08. The van der Waals surface area contributed by atoms with Crippen molar-refractivity contribution >= 4 is 0 Å². The fourth-order valence-corrected chi connectivity index (χ4v) is 3.09. The van der Waals surface area contributed by atoms with E-state index in [1.807, 2.05) is 13.0 Å². The molecule has 0 amide bonds. The lowest BCUT2D eigenvalue weighted by molar-refractivity contribution is -0.0995. The fourth-order valence-electron chi connectivity index (χ4n) is 3.09. The zero-order valence-corrected chi connectivity index (χ0v) is 13.9. The number of nitrogens with zero attached hydrogens (tertiary/aromatic N) is 3. The zero-order chi connectivity index (χ0) is 17.2. The topological polar surface area (TPSA) is 58.5 Å². The van der Waals surface area contributed by atoms with Gasteiger partial charge >= 0.3 is 0 Å². The highest BCUT2D eigenvalue weighted by atomic mass is 19.1. The average Bonchev–Trinajstić information content (AvgIpc) is 2.50. The van der Waals surface area contributed by atoms with Crippen LogP contribution in [-0.4, -0.2) is 44.8 Å². The summed E-state index contributed by atoms with van der Waals surface area (Å²) in [4.78, 5) is 10.6. The van der Waals surface area contributed by atoms with Crippen molar-refractivity contribution in [1.82, 2.24) is 14.9 Å². The first-order chi connectivity index (χ1) is 11.4. The van der Waals surface area contributed by atoms with Gasteiger partial charge in [-0.2, -0.15) is 0 Å². The third-order valence-corrected chi connectivity index (χ3v) is 4.24. The highest BCUT2D eigenvalue weighted by Crippen LogP contribution is 2.27. The van der Waals surface area contributed by atoms with Gasteiger partial charge in [-0.15, -0.1) is 0 Å². The summed E-state index contributed by atoms with van der Waals surface area (Å²) in [5.41, 5.74) is -0.0880. The van der Waals surface area contributed by atoms with E-state index in [2.05, 4.69) is 14.9 Å². The molecule has 1 aromatic heterocycles. The van der Waals surface area contributed by atoms with E-state index in [0.717, 1.165) is 18.1 Å². The molecule has 1 fully saturated rings. The van der Waals surface area contributed by atoms with Gasteiger partial charge in [-0.05, 0) is 38.5 Å². The molecule has 1 aromatic carbocycles. The number of benzene rings is 1. The molecule has 2 atom stereocenters. The molecule has 24 heavy (non-hydrogen) atoms. The van der Waals surface area contributed by atoms with E-state index < -0.39 is 5.60 Å². The minimum Gasteiger partial charge on any atom is -0.487 e. The lowest BCUT2D eigenvalue weighted by Gasteiger charge is -2.42. The number of likely N-dealkylation sites (tertiary alicyclic amines) is 1. The van der Waals surface area contributed by atoms with Gasteiger partial charge in [-0.25, -0.2) is 14.4 Å². The molecule has 1 N–H and O–H groups in total. The van der Waals surface area contributed by atoms with Crippen molar-refractivity contribution in [2.45, 2.75) is 38.5 Å². The molecule has 0 unspecified atom stereocenters. The second-order valence-electron chi connectivity index (χ2n) is 6.52. The Morgan fingerprint density at radius 1 is 1.42 bits per heavy atom. The fraction of sp³-hybridized carbons (Fsp3) is 0.444. The first kappa shape index (κ1) is 16.8. The summed E-state index contributed by atoms with van der Waals surface area (Å²) in [6.45, 7) is 5.52. The van der Waals surface area contributed by atoms with Crippen LogP contribution < -0.4 is 4.74 Å². The van der Waals surface area contributed by atoms with Crippen LogP contribution in [0.2, 0.25) is 0 Å². The van der Waals surface area contributed by atoms with Crippen LogP contribution in [0.3, 0.4) is 0 Å². The summed E-state index contributed by atoms with van der Waals surface area (Å²) in [6.07, 6.45) is 2.03. The summed E-state index contributed by atoms with van der Waals surface area (Å²) in [5, 5.41) is 10.8. The molecular weight excluding hydrogens is 309 g/mol. The molecule has 1 aliphatic heterocycles. The first-order valence-electron chi connectivity index (χ1n) is 8.08. The van der Waals surface area contributed by atoms with Crippen LogP contribution in [0.5, 0.6) is 5.75 Å². The van der Waals surface area contributed by atoms with E-state index in [0.29, 0.717) is 25.3 Å². The Morgan fingerprint density at radius 2 is 2.25 bits per heavy atom. The van der Waals surface area contributed by atoms with Crippen molar-refractivity contribution in [3.05, 3.63) is 53.9 Å². The van der Waals surface area contributed by atoms with Crippen molar-refractivity contribution in [3.8, 4) is 5.75 Å². The van der Waals surface area contributed by atoms with E-state index in [-0.39, 0.29) is 11.9 Å². The molecule has 5 nitrogen and oxygen atoms in total. The van der Waals surface area contributed by atoms with Crippen LogP contribution in [-0.2, 0) is 6.54 Å². The zero-order valence-electron chi connectivity index (χ0n) is 13.9. The third kappa shape index (κ3) is 4.07. The van der Waals surface area contributed by atoms with Gasteiger partial charge in [0.25, 0.3) is 0 Å². The molecule has 0 bridgehead atoms. The van der Waals surface area contributed by atoms with E-state index in [4.69, 9.17) is 4.74 Å². The highest BCUT2D eigenvalue weighted by molar-refractivity contribution is 5.23. The maximum absolute atomic E-state index is 13.3. The Kier molecular flexibility index (Phi) is 4.78. The highest BCUT2D eigenvalue weighted by Gasteiger charge is 2.39. The van der Waals surface area contributed by atoms with Gasteiger partial charge in [0.2, 0.25) is 0 Å². The normalized spacial score (nSPS) is 24.8. The smallest absolute Gasteiger partial charge is 0.129 e. The minimum atomic E-state index is -1.02. The molecule has 0 radical (unpaired) electrons. The number of aliphatic hydroxyl groups is 1. The molecule has 1 saturated heterocycles. The number of rotatable bonds is 4. The minimum absolute atomic E-state index is 0.344. The number of ether oxygens (including phenoxy) is 1. The van der Waals surface area contributed by atoms with Crippen LogP contribution in [0.4, 0.5) is 4.39 Å². The van der Waals surface area contributed by atoms with Crippen molar-refractivity contribution < 1.29 is 14.2 Å². The van der Waals surface area contributed by atoms with Crippen LogP contribution in [0.25, 0.3) is 0 Å².